The number of nitrogens with one attached hydrogen (secondary N) is 3. The van der Waals surface area contributed by atoms with E-state index in [1.54, 1.807) is 58.9 Å². The quantitative estimate of drug-likeness (QED) is 0.108. The number of tetrazole rings is 1. The second-order valence-electron chi connectivity index (χ2n) is 12.3. The van der Waals surface area contributed by atoms with Crippen molar-refractivity contribution in [3.63, 3.8) is 0 Å². The lowest BCUT2D eigenvalue weighted by molar-refractivity contribution is -0.127. The lowest BCUT2D eigenvalue weighted by Gasteiger charge is -2.29. The van der Waals surface area contributed by atoms with Crippen LogP contribution in [0.15, 0.2) is 60.7 Å². The molecule has 1 aromatic heterocycles. The van der Waals surface area contributed by atoms with Gasteiger partial charge >= 0.3 is 18.2 Å². The van der Waals surface area contributed by atoms with Gasteiger partial charge in [0.1, 0.15) is 23.8 Å². The SMILES string of the molecule is CC(C)(C)OC(=O)NC(C)(C)C(=O)N[C@H](COCc1ccccc1)c1nnnn1CCOC(=O)NCCCCOC(=O)c1ccccc1. The van der Waals surface area contributed by atoms with Crippen LogP contribution in [-0.4, -0.2) is 81.8 Å². The van der Waals surface area contributed by atoms with Crippen molar-refractivity contribution in [2.45, 2.75) is 77.8 Å². The van der Waals surface area contributed by atoms with E-state index >= 15 is 0 Å². The number of rotatable bonds is 17. The zero-order chi connectivity index (χ0) is 35.0. The Morgan fingerprint density at radius 3 is 2.23 bits per heavy atom. The van der Waals surface area contributed by atoms with E-state index in [2.05, 4.69) is 31.5 Å². The highest BCUT2D eigenvalue weighted by Crippen LogP contribution is 2.15. The molecule has 0 aliphatic rings. The van der Waals surface area contributed by atoms with Gasteiger partial charge in [-0.15, -0.1) is 5.10 Å². The van der Waals surface area contributed by atoms with Crippen molar-refractivity contribution in [3.05, 3.63) is 77.6 Å². The maximum Gasteiger partial charge on any atom is 0.408 e. The fourth-order valence-corrected chi connectivity index (χ4v) is 4.14. The number of nitrogens with zero attached hydrogens (tertiary/aromatic N) is 4. The summed E-state index contributed by atoms with van der Waals surface area (Å²) in [5.41, 5.74) is -0.688. The van der Waals surface area contributed by atoms with E-state index in [0.29, 0.717) is 24.9 Å². The molecule has 3 aromatic rings. The molecule has 0 aliphatic heterocycles. The molecule has 0 saturated carbocycles. The predicted octanol–water partition coefficient (Wildman–Crippen LogP) is 3.71. The van der Waals surface area contributed by atoms with E-state index in [0.717, 1.165) is 5.56 Å². The summed E-state index contributed by atoms with van der Waals surface area (Å²) in [4.78, 5) is 50.0. The van der Waals surface area contributed by atoms with Gasteiger partial charge in [0.05, 0.1) is 31.9 Å². The van der Waals surface area contributed by atoms with Crippen LogP contribution in [0.5, 0.6) is 0 Å². The third-order valence-electron chi connectivity index (χ3n) is 6.57. The third-order valence-corrected chi connectivity index (χ3v) is 6.57. The maximum atomic E-state index is 13.4. The van der Waals surface area contributed by atoms with E-state index < -0.39 is 41.2 Å². The molecule has 0 bridgehead atoms. The Labute approximate surface area is 280 Å². The van der Waals surface area contributed by atoms with Gasteiger partial charge in [0, 0.05) is 6.54 Å². The highest BCUT2D eigenvalue weighted by Gasteiger charge is 2.34. The first-order valence-electron chi connectivity index (χ1n) is 15.7. The monoisotopic (exact) mass is 667 g/mol. The first-order chi connectivity index (χ1) is 22.8. The average molecular weight is 668 g/mol. The van der Waals surface area contributed by atoms with Crippen LogP contribution in [-0.2, 0) is 36.9 Å². The first-order valence-corrected chi connectivity index (χ1v) is 15.7. The number of ether oxygens (including phenoxy) is 4. The molecule has 3 amide bonds. The normalized spacial score (nSPS) is 12.0. The Morgan fingerprint density at radius 1 is 0.854 bits per heavy atom. The largest absolute Gasteiger partial charge is 0.462 e. The van der Waals surface area contributed by atoms with Crippen LogP contribution in [0, 0.1) is 0 Å². The number of benzene rings is 2. The van der Waals surface area contributed by atoms with Gasteiger partial charge in [0.25, 0.3) is 0 Å². The van der Waals surface area contributed by atoms with Crippen LogP contribution in [0.3, 0.4) is 0 Å². The molecule has 0 spiro atoms. The number of aromatic nitrogens is 4. The summed E-state index contributed by atoms with van der Waals surface area (Å²) in [7, 11) is 0. The summed E-state index contributed by atoms with van der Waals surface area (Å²) in [6, 6.07) is 17.4. The summed E-state index contributed by atoms with van der Waals surface area (Å²) < 4.78 is 23.1. The predicted molar refractivity (Wildman–Crippen MR) is 174 cm³/mol. The molecule has 15 heteroatoms. The van der Waals surface area contributed by atoms with Gasteiger partial charge in [-0.3, -0.25) is 4.79 Å². The topological polar surface area (TPSA) is 185 Å². The molecule has 1 atom stereocenters. The van der Waals surface area contributed by atoms with Crippen LogP contribution in [0.4, 0.5) is 9.59 Å². The van der Waals surface area contributed by atoms with E-state index in [1.165, 1.54) is 4.68 Å². The Kier molecular flexibility index (Phi) is 14.3. The number of carbonyl (C=O) groups excluding carboxylic acids is 4. The maximum absolute atomic E-state index is 13.4. The van der Waals surface area contributed by atoms with Gasteiger partial charge in [-0.1, -0.05) is 48.5 Å². The number of hydrogen-bond donors (Lipinski definition) is 3. The number of carbonyl (C=O) groups is 4. The smallest absolute Gasteiger partial charge is 0.408 e. The van der Waals surface area contributed by atoms with Gasteiger partial charge in [0.15, 0.2) is 5.82 Å². The molecular formula is C33H45N7O8. The van der Waals surface area contributed by atoms with Crippen molar-refractivity contribution in [2.24, 2.45) is 0 Å². The molecule has 260 valence electrons. The first kappa shape index (κ1) is 37.4. The van der Waals surface area contributed by atoms with Crippen LogP contribution < -0.4 is 16.0 Å². The molecule has 15 nitrogen and oxygen atoms in total. The number of unbranched alkanes of at least 4 members (excludes halogenated alkanes) is 1. The molecule has 0 aliphatic carbocycles. The Bertz CT molecular complexity index is 1460. The molecule has 48 heavy (non-hydrogen) atoms. The number of esters is 1. The minimum Gasteiger partial charge on any atom is -0.462 e. The summed E-state index contributed by atoms with van der Waals surface area (Å²) in [6.45, 7) is 9.13. The van der Waals surface area contributed by atoms with Gasteiger partial charge in [-0.25, -0.2) is 19.1 Å². The molecule has 3 rings (SSSR count). The van der Waals surface area contributed by atoms with Gasteiger partial charge in [0.2, 0.25) is 5.91 Å². The van der Waals surface area contributed by atoms with Crippen LogP contribution in [0.1, 0.15) is 75.2 Å². The summed E-state index contributed by atoms with van der Waals surface area (Å²) >= 11 is 0. The summed E-state index contributed by atoms with van der Waals surface area (Å²) in [5.74, 6) is -0.657. The van der Waals surface area contributed by atoms with Crippen molar-refractivity contribution in [3.8, 4) is 0 Å². The molecular weight excluding hydrogens is 622 g/mol. The highest BCUT2D eigenvalue weighted by atomic mass is 16.6. The minimum absolute atomic E-state index is 0.00548. The van der Waals surface area contributed by atoms with E-state index in [9.17, 15) is 19.2 Å². The Hall–Kier alpha value is -5.05. The Morgan fingerprint density at radius 2 is 1.54 bits per heavy atom. The fourth-order valence-electron chi connectivity index (χ4n) is 4.14. The van der Waals surface area contributed by atoms with Crippen LogP contribution in [0.2, 0.25) is 0 Å². The highest BCUT2D eigenvalue weighted by molar-refractivity contribution is 5.89. The van der Waals surface area contributed by atoms with E-state index in [4.69, 9.17) is 18.9 Å². The van der Waals surface area contributed by atoms with Crippen molar-refractivity contribution in [2.75, 3.05) is 26.4 Å². The second kappa shape index (κ2) is 18.3. The summed E-state index contributed by atoms with van der Waals surface area (Å²) in [5, 5.41) is 19.9. The van der Waals surface area contributed by atoms with Crippen molar-refractivity contribution in [1.29, 1.82) is 0 Å². The van der Waals surface area contributed by atoms with Gasteiger partial charge < -0.3 is 34.9 Å². The van der Waals surface area contributed by atoms with Crippen molar-refractivity contribution in [1.82, 2.24) is 36.2 Å². The molecule has 2 aromatic carbocycles. The van der Waals surface area contributed by atoms with Gasteiger partial charge in [-0.05, 0) is 75.6 Å². The standard InChI is InChI=1S/C33H45N7O8/c1-32(2,3)48-31(44)36-33(4,5)29(42)35-26(23-45-22-24-14-8-6-9-15-24)27-37-38-39-40(27)19-21-47-30(43)34-18-12-13-20-46-28(41)25-16-10-7-11-17-25/h6-11,14-17,26H,12-13,18-23H2,1-5H3,(H,34,43)(H,35,42)(H,36,44)/t26-/m1/s1. The van der Waals surface area contributed by atoms with Crippen LogP contribution in [0.25, 0.3) is 0 Å². The molecule has 0 radical (unpaired) electrons. The molecule has 0 fully saturated rings. The minimum atomic E-state index is -1.36. The summed E-state index contributed by atoms with van der Waals surface area (Å²) in [6.07, 6.45) is -0.225. The molecule has 0 unspecified atom stereocenters. The lowest BCUT2D eigenvalue weighted by atomic mass is 10.0. The van der Waals surface area contributed by atoms with Crippen molar-refractivity contribution < 1.29 is 38.1 Å². The van der Waals surface area contributed by atoms with E-state index in [-0.39, 0.29) is 38.8 Å². The fraction of sp³-hybridized carbons (Fsp3) is 0.485. The molecule has 0 saturated heterocycles. The average Bonchev–Trinajstić information content (AvgIpc) is 3.50. The number of alkyl carbamates (subject to hydrolysis) is 2. The van der Waals surface area contributed by atoms with Crippen molar-refractivity contribution >= 4 is 24.1 Å². The second-order valence-corrected chi connectivity index (χ2v) is 12.3. The lowest BCUT2D eigenvalue weighted by Crippen LogP contribution is -2.56. The zero-order valence-electron chi connectivity index (χ0n) is 28.1. The number of hydrogen-bond acceptors (Lipinski definition) is 11. The molecule has 3 N–H and O–H groups in total. The molecule has 1 heterocycles. The Balaban J connectivity index is 1.50. The zero-order valence-corrected chi connectivity index (χ0v) is 28.1. The van der Waals surface area contributed by atoms with Gasteiger partial charge in [-0.2, -0.15) is 0 Å². The van der Waals surface area contributed by atoms with E-state index in [1.807, 2.05) is 36.4 Å². The number of amides is 3. The van der Waals surface area contributed by atoms with Crippen LogP contribution >= 0.6 is 0 Å². The third kappa shape index (κ3) is 13.4.